The van der Waals surface area contributed by atoms with E-state index in [0.717, 1.165) is 43.3 Å². The second-order valence-corrected chi connectivity index (χ2v) is 10.3. The van der Waals surface area contributed by atoms with Gasteiger partial charge in [-0.2, -0.15) is 0 Å². The highest BCUT2D eigenvalue weighted by molar-refractivity contribution is 7.90. The van der Waals surface area contributed by atoms with E-state index in [-0.39, 0.29) is 21.9 Å². The molecule has 10 heteroatoms. The third kappa shape index (κ3) is 5.07. The Bertz CT molecular complexity index is 997. The minimum Gasteiger partial charge on any atom is -0.298 e. The van der Waals surface area contributed by atoms with E-state index in [9.17, 15) is 13.2 Å². The van der Waals surface area contributed by atoms with Crippen LogP contribution in [0.15, 0.2) is 29.6 Å². The number of anilines is 1. The zero-order valence-electron chi connectivity index (χ0n) is 14.4. The monoisotopic (exact) mass is 445 g/mol. The molecule has 27 heavy (non-hydrogen) atoms. The van der Waals surface area contributed by atoms with Crippen molar-refractivity contribution in [1.82, 2.24) is 9.97 Å². The molecule has 2 aromatic heterocycles. The third-order valence-electron chi connectivity index (χ3n) is 4.21. The van der Waals surface area contributed by atoms with Crippen LogP contribution >= 0.6 is 34.5 Å². The van der Waals surface area contributed by atoms with Gasteiger partial charge in [-0.15, -0.1) is 0 Å². The van der Waals surface area contributed by atoms with E-state index in [1.54, 1.807) is 0 Å². The Morgan fingerprint density at radius 1 is 1.26 bits per heavy atom. The minimum atomic E-state index is -3.55. The standard InChI is InChI=1S/C17H17Cl2N3O3S2/c1-27(24,25)16-13(18)7-11(8-20-16)12(6-10-4-2-3-5-10)15(23)22-17-21-9-14(19)26-17/h6-10H,2-5H2,1H3,(H,21,22,23)/b12-6+. The number of hydrogen-bond acceptors (Lipinski definition) is 6. The number of carbonyl (C=O) groups excluding carboxylic acids is 1. The Balaban J connectivity index is 1.97. The number of pyridine rings is 1. The number of rotatable bonds is 5. The molecule has 1 saturated carbocycles. The average molecular weight is 446 g/mol. The molecule has 2 aromatic rings. The predicted molar refractivity (Wildman–Crippen MR) is 108 cm³/mol. The van der Waals surface area contributed by atoms with Crippen molar-refractivity contribution in [2.75, 3.05) is 11.6 Å². The molecule has 1 amide bonds. The van der Waals surface area contributed by atoms with Gasteiger partial charge in [-0.25, -0.2) is 18.4 Å². The molecule has 6 nitrogen and oxygen atoms in total. The second-order valence-electron chi connectivity index (χ2n) is 6.33. The van der Waals surface area contributed by atoms with E-state index in [2.05, 4.69) is 15.3 Å². The summed E-state index contributed by atoms with van der Waals surface area (Å²) in [4.78, 5) is 20.9. The molecule has 2 heterocycles. The molecular formula is C17H17Cl2N3O3S2. The predicted octanol–water partition coefficient (Wildman–Crippen LogP) is 4.46. The second kappa shape index (κ2) is 8.26. The highest BCUT2D eigenvalue weighted by atomic mass is 35.5. The van der Waals surface area contributed by atoms with Crippen LogP contribution in [0.3, 0.4) is 0 Å². The molecule has 1 aliphatic carbocycles. The SMILES string of the molecule is CS(=O)(=O)c1ncc(/C(=C\C2CCCC2)C(=O)Nc2ncc(Cl)s2)cc1Cl. The van der Waals surface area contributed by atoms with Crippen molar-refractivity contribution in [2.24, 2.45) is 5.92 Å². The number of sulfone groups is 1. The van der Waals surface area contributed by atoms with Crippen molar-refractivity contribution in [3.63, 3.8) is 0 Å². The Morgan fingerprint density at radius 2 is 1.96 bits per heavy atom. The number of aromatic nitrogens is 2. The van der Waals surface area contributed by atoms with E-state index in [0.29, 0.717) is 20.6 Å². The fourth-order valence-corrected chi connectivity index (χ4v) is 5.04. The molecule has 0 aromatic carbocycles. The quantitative estimate of drug-likeness (QED) is 0.685. The molecular weight excluding hydrogens is 429 g/mol. The van der Waals surface area contributed by atoms with Crippen molar-refractivity contribution in [1.29, 1.82) is 0 Å². The normalized spacial score (nSPS) is 15.9. The minimum absolute atomic E-state index is 0.0163. The van der Waals surface area contributed by atoms with Gasteiger partial charge in [0.1, 0.15) is 4.34 Å². The lowest BCUT2D eigenvalue weighted by Gasteiger charge is -2.12. The van der Waals surface area contributed by atoms with Gasteiger partial charge in [-0.3, -0.25) is 10.1 Å². The summed E-state index contributed by atoms with van der Waals surface area (Å²) < 4.78 is 23.9. The molecule has 144 valence electrons. The van der Waals surface area contributed by atoms with Crippen LogP contribution in [-0.4, -0.2) is 30.5 Å². The fourth-order valence-electron chi connectivity index (χ4n) is 2.98. The number of carbonyl (C=O) groups is 1. The van der Waals surface area contributed by atoms with Crippen LogP contribution in [0.25, 0.3) is 5.57 Å². The van der Waals surface area contributed by atoms with E-state index in [1.807, 2.05) is 6.08 Å². The lowest BCUT2D eigenvalue weighted by atomic mass is 9.99. The smallest absolute Gasteiger partial charge is 0.257 e. The first kappa shape index (κ1) is 20.3. The van der Waals surface area contributed by atoms with E-state index < -0.39 is 9.84 Å². The maximum absolute atomic E-state index is 12.9. The maximum atomic E-state index is 12.9. The molecule has 0 bridgehead atoms. The zero-order valence-corrected chi connectivity index (χ0v) is 17.6. The van der Waals surface area contributed by atoms with Crippen molar-refractivity contribution >= 4 is 61.0 Å². The summed E-state index contributed by atoms with van der Waals surface area (Å²) in [5, 5.41) is 2.89. The van der Waals surface area contributed by atoms with Gasteiger partial charge in [0, 0.05) is 23.6 Å². The molecule has 0 saturated heterocycles. The van der Waals surface area contributed by atoms with Crippen LogP contribution < -0.4 is 5.32 Å². The molecule has 1 fully saturated rings. The maximum Gasteiger partial charge on any atom is 0.257 e. The number of thiazole rings is 1. The first-order valence-corrected chi connectivity index (χ1v) is 11.7. The molecule has 1 N–H and O–H groups in total. The number of halogens is 2. The van der Waals surface area contributed by atoms with Crippen LogP contribution in [0.1, 0.15) is 31.2 Å². The molecule has 0 spiro atoms. The Morgan fingerprint density at radius 3 is 2.52 bits per heavy atom. The first-order chi connectivity index (χ1) is 12.7. The summed E-state index contributed by atoms with van der Waals surface area (Å²) in [5.41, 5.74) is 0.849. The number of nitrogens with one attached hydrogen (secondary N) is 1. The van der Waals surface area contributed by atoms with Crippen molar-refractivity contribution in [3.05, 3.63) is 39.5 Å². The Hall–Kier alpha value is -1.48. The molecule has 1 aliphatic rings. The van der Waals surface area contributed by atoms with Crippen LogP contribution in [0.4, 0.5) is 5.13 Å². The summed E-state index contributed by atoms with van der Waals surface area (Å²) in [6, 6.07) is 1.46. The largest absolute Gasteiger partial charge is 0.298 e. The number of nitrogens with zero attached hydrogens (tertiary/aromatic N) is 2. The van der Waals surface area contributed by atoms with Crippen molar-refractivity contribution in [2.45, 2.75) is 30.7 Å². The van der Waals surface area contributed by atoms with Crippen molar-refractivity contribution in [3.8, 4) is 0 Å². The van der Waals surface area contributed by atoms with Crippen LogP contribution in [0.5, 0.6) is 0 Å². The highest BCUT2D eigenvalue weighted by Crippen LogP contribution is 2.32. The van der Waals surface area contributed by atoms with Crippen LogP contribution in [0.2, 0.25) is 9.36 Å². The Kier molecular flexibility index (Phi) is 6.20. The molecule has 0 radical (unpaired) electrons. The summed E-state index contributed by atoms with van der Waals surface area (Å²) in [5.74, 6) is -0.0862. The summed E-state index contributed by atoms with van der Waals surface area (Å²) in [6.07, 6.45) is 10.00. The fraction of sp³-hybridized carbons (Fsp3) is 0.353. The zero-order chi connectivity index (χ0) is 19.6. The molecule has 0 aliphatic heterocycles. The summed E-state index contributed by atoms with van der Waals surface area (Å²) in [6.45, 7) is 0. The van der Waals surface area contributed by atoms with Gasteiger partial charge in [-0.1, -0.05) is 53.5 Å². The molecule has 0 unspecified atom stereocenters. The Labute approximate surface area is 171 Å². The number of hydrogen-bond donors (Lipinski definition) is 1. The summed E-state index contributed by atoms with van der Waals surface area (Å²) in [7, 11) is -3.55. The highest BCUT2D eigenvalue weighted by Gasteiger charge is 2.22. The number of amides is 1. The first-order valence-electron chi connectivity index (χ1n) is 8.24. The van der Waals surface area contributed by atoms with E-state index >= 15 is 0 Å². The lowest BCUT2D eigenvalue weighted by Crippen LogP contribution is -2.15. The van der Waals surface area contributed by atoms with Crippen LogP contribution in [-0.2, 0) is 14.6 Å². The van der Waals surface area contributed by atoms with Gasteiger partial charge in [0.25, 0.3) is 5.91 Å². The van der Waals surface area contributed by atoms with E-state index in [4.69, 9.17) is 23.2 Å². The third-order valence-corrected chi connectivity index (χ3v) is 6.67. The van der Waals surface area contributed by atoms with Crippen LogP contribution in [0, 0.1) is 5.92 Å². The lowest BCUT2D eigenvalue weighted by molar-refractivity contribution is -0.111. The van der Waals surface area contributed by atoms with Crippen molar-refractivity contribution < 1.29 is 13.2 Å². The topological polar surface area (TPSA) is 89.0 Å². The van der Waals surface area contributed by atoms with Gasteiger partial charge >= 0.3 is 0 Å². The van der Waals surface area contributed by atoms with Gasteiger partial charge in [0.15, 0.2) is 20.0 Å². The number of allylic oxidation sites excluding steroid dienone is 1. The van der Waals surface area contributed by atoms with E-state index in [1.165, 1.54) is 18.5 Å². The van der Waals surface area contributed by atoms with Gasteiger partial charge in [0.05, 0.1) is 11.2 Å². The summed E-state index contributed by atoms with van der Waals surface area (Å²) >= 11 is 13.1. The molecule has 0 atom stereocenters. The molecule has 3 rings (SSSR count). The van der Waals surface area contributed by atoms with Gasteiger partial charge in [-0.05, 0) is 24.8 Å². The average Bonchev–Trinajstić information content (AvgIpc) is 3.23. The van der Waals surface area contributed by atoms with Gasteiger partial charge < -0.3 is 0 Å². The van der Waals surface area contributed by atoms with Gasteiger partial charge in [0.2, 0.25) is 0 Å².